The Bertz CT molecular complexity index is 1190. The van der Waals surface area contributed by atoms with Crippen LogP contribution in [0.5, 0.6) is 0 Å². The van der Waals surface area contributed by atoms with Crippen molar-refractivity contribution >= 4 is 27.5 Å². The quantitative estimate of drug-likeness (QED) is 0.455. The summed E-state index contributed by atoms with van der Waals surface area (Å²) in [6, 6.07) is 14.5. The Kier molecular flexibility index (Phi) is 5.25. The topological polar surface area (TPSA) is 88.7 Å². The molecule has 0 radical (unpaired) electrons. The molecule has 0 fully saturated rings. The maximum atomic E-state index is 11.8. The number of nitrogens with one attached hydrogen (secondary N) is 2. The number of aromatic amines is 1. The molecule has 0 aliphatic rings. The van der Waals surface area contributed by atoms with Gasteiger partial charge in [0, 0.05) is 25.3 Å². The molecule has 2 aromatic carbocycles. The molecule has 2 atom stereocenters. The zero-order valence-corrected chi connectivity index (χ0v) is 17.6. The lowest BCUT2D eigenvalue weighted by Crippen LogP contribution is -2.39. The van der Waals surface area contributed by atoms with E-state index in [4.69, 9.17) is 5.73 Å². The molecule has 0 saturated heterocycles. The molecular weight excluding hydrogens is 382 g/mol. The Labute approximate surface area is 173 Å². The molecule has 0 saturated carbocycles. The summed E-state index contributed by atoms with van der Waals surface area (Å²) in [6.45, 7) is 4.17. The van der Waals surface area contributed by atoms with E-state index in [0.29, 0.717) is 0 Å². The zero-order chi connectivity index (χ0) is 20.5. The molecule has 0 aliphatic carbocycles. The van der Waals surface area contributed by atoms with Crippen LogP contribution < -0.4 is 16.7 Å². The summed E-state index contributed by atoms with van der Waals surface area (Å²) in [4.78, 5) is 20.2. The first-order valence-electron chi connectivity index (χ1n) is 9.63. The molecule has 7 heteroatoms. The van der Waals surface area contributed by atoms with Gasteiger partial charge >= 0.3 is 5.69 Å². The molecule has 0 aliphatic heterocycles. The first-order chi connectivity index (χ1) is 13.9. The SMILES string of the molecule is Cc1ccc(C[C@H](N)[C@H](C)Nc2ncc(-c3ccc4[nH]c(=O)n(C)c4c3)s2)cc1. The molecule has 4 rings (SSSR count). The molecule has 2 aromatic heterocycles. The number of nitrogens with two attached hydrogens (primary N) is 1. The summed E-state index contributed by atoms with van der Waals surface area (Å²) < 4.78 is 1.62. The smallest absolute Gasteiger partial charge is 0.326 e. The summed E-state index contributed by atoms with van der Waals surface area (Å²) >= 11 is 1.59. The third-order valence-corrected chi connectivity index (χ3v) is 6.26. The first kappa shape index (κ1) is 19.4. The number of thiazole rings is 1. The van der Waals surface area contributed by atoms with Crippen LogP contribution in [0.4, 0.5) is 5.13 Å². The van der Waals surface area contributed by atoms with E-state index < -0.39 is 0 Å². The number of aryl methyl sites for hydroxylation is 2. The predicted octanol–water partition coefficient (Wildman–Crippen LogP) is 3.67. The Morgan fingerprint density at radius 1 is 1.24 bits per heavy atom. The number of fused-ring (bicyclic) bond motifs is 1. The van der Waals surface area contributed by atoms with Gasteiger partial charge in [-0.1, -0.05) is 47.2 Å². The van der Waals surface area contributed by atoms with Crippen molar-refractivity contribution in [2.75, 3.05) is 5.32 Å². The molecular formula is C22H25N5OS. The minimum absolute atomic E-state index is 0.0178. The van der Waals surface area contributed by atoms with E-state index in [2.05, 4.69) is 53.4 Å². The average Bonchev–Trinajstić information content (AvgIpc) is 3.28. The van der Waals surface area contributed by atoms with Crippen molar-refractivity contribution in [3.63, 3.8) is 0 Å². The fraction of sp³-hybridized carbons (Fsp3) is 0.273. The average molecular weight is 408 g/mol. The minimum Gasteiger partial charge on any atom is -0.357 e. The maximum absolute atomic E-state index is 11.8. The third-order valence-electron chi connectivity index (χ3n) is 5.28. The van der Waals surface area contributed by atoms with Crippen LogP contribution in [0.3, 0.4) is 0 Å². The number of imidazole rings is 1. The Morgan fingerprint density at radius 2 is 2.00 bits per heavy atom. The molecule has 29 heavy (non-hydrogen) atoms. The summed E-state index contributed by atoms with van der Waals surface area (Å²) in [5, 5.41) is 4.28. The number of aromatic nitrogens is 3. The highest BCUT2D eigenvalue weighted by Gasteiger charge is 2.15. The van der Waals surface area contributed by atoms with Gasteiger partial charge in [0.25, 0.3) is 0 Å². The van der Waals surface area contributed by atoms with Gasteiger partial charge in [-0.15, -0.1) is 0 Å². The van der Waals surface area contributed by atoms with Crippen molar-refractivity contribution < 1.29 is 0 Å². The van der Waals surface area contributed by atoms with Crippen LogP contribution in [0, 0.1) is 6.92 Å². The highest BCUT2D eigenvalue weighted by atomic mass is 32.1. The standard InChI is InChI=1S/C22H25N5OS/c1-13-4-6-15(7-5-13)10-17(23)14(2)25-21-24-12-20(29-21)16-8-9-18-19(11-16)27(3)22(28)26-18/h4-9,11-12,14,17H,10,23H2,1-3H3,(H,24,25)(H,26,28)/t14-,17-/m0/s1. The molecule has 0 spiro atoms. The predicted molar refractivity (Wildman–Crippen MR) is 121 cm³/mol. The normalized spacial score (nSPS) is 13.5. The van der Waals surface area contributed by atoms with Gasteiger partial charge in [0.05, 0.1) is 15.9 Å². The number of H-pyrrole nitrogens is 1. The molecule has 0 bridgehead atoms. The van der Waals surface area contributed by atoms with Crippen molar-refractivity contribution in [1.82, 2.24) is 14.5 Å². The van der Waals surface area contributed by atoms with Crippen LogP contribution in [-0.4, -0.2) is 26.6 Å². The lowest BCUT2D eigenvalue weighted by molar-refractivity contribution is 0.586. The summed E-state index contributed by atoms with van der Waals surface area (Å²) in [5.74, 6) is 0. The molecule has 6 nitrogen and oxygen atoms in total. The Balaban J connectivity index is 1.46. The van der Waals surface area contributed by atoms with Gasteiger partial charge in [0.1, 0.15) is 0 Å². The van der Waals surface area contributed by atoms with E-state index in [-0.39, 0.29) is 17.8 Å². The fourth-order valence-electron chi connectivity index (χ4n) is 3.33. The van der Waals surface area contributed by atoms with Gasteiger partial charge in [0.2, 0.25) is 0 Å². The number of nitrogens with zero attached hydrogens (tertiary/aromatic N) is 2. The van der Waals surface area contributed by atoms with Crippen LogP contribution in [0.1, 0.15) is 18.1 Å². The van der Waals surface area contributed by atoms with Gasteiger partial charge in [-0.2, -0.15) is 0 Å². The lowest BCUT2D eigenvalue weighted by Gasteiger charge is -2.21. The van der Waals surface area contributed by atoms with Crippen LogP contribution in [-0.2, 0) is 13.5 Å². The van der Waals surface area contributed by atoms with Crippen LogP contribution >= 0.6 is 11.3 Å². The van der Waals surface area contributed by atoms with Crippen molar-refractivity contribution in [3.05, 3.63) is 70.3 Å². The Hall–Kier alpha value is -2.90. The van der Waals surface area contributed by atoms with Crippen LogP contribution in [0.15, 0.2) is 53.5 Å². The second-order valence-corrected chi connectivity index (χ2v) is 8.57. The number of hydrogen-bond acceptors (Lipinski definition) is 5. The first-order valence-corrected chi connectivity index (χ1v) is 10.4. The van der Waals surface area contributed by atoms with E-state index in [1.165, 1.54) is 11.1 Å². The maximum Gasteiger partial charge on any atom is 0.326 e. The zero-order valence-electron chi connectivity index (χ0n) is 16.8. The van der Waals surface area contributed by atoms with E-state index in [9.17, 15) is 4.79 Å². The van der Waals surface area contributed by atoms with Gasteiger partial charge in [0.15, 0.2) is 5.13 Å². The lowest BCUT2D eigenvalue weighted by atomic mass is 10.0. The van der Waals surface area contributed by atoms with Crippen molar-refractivity contribution in [2.24, 2.45) is 12.8 Å². The monoisotopic (exact) mass is 407 g/mol. The van der Waals surface area contributed by atoms with Gasteiger partial charge in [-0.3, -0.25) is 4.57 Å². The number of benzene rings is 2. The fourth-order valence-corrected chi connectivity index (χ4v) is 4.23. The summed E-state index contributed by atoms with van der Waals surface area (Å²) in [5.41, 5.74) is 11.5. The minimum atomic E-state index is -0.111. The van der Waals surface area contributed by atoms with E-state index in [0.717, 1.165) is 33.0 Å². The molecule has 2 heterocycles. The number of hydrogen-bond donors (Lipinski definition) is 3. The third kappa shape index (κ3) is 4.11. The van der Waals surface area contributed by atoms with E-state index in [1.54, 1.807) is 23.0 Å². The highest BCUT2D eigenvalue weighted by molar-refractivity contribution is 7.18. The number of anilines is 1. The Morgan fingerprint density at radius 3 is 2.76 bits per heavy atom. The summed E-state index contributed by atoms with van der Waals surface area (Å²) in [7, 11) is 1.77. The van der Waals surface area contributed by atoms with Crippen molar-refractivity contribution in [3.8, 4) is 10.4 Å². The van der Waals surface area contributed by atoms with Crippen LogP contribution in [0.25, 0.3) is 21.5 Å². The van der Waals surface area contributed by atoms with Crippen molar-refractivity contribution in [1.29, 1.82) is 0 Å². The van der Waals surface area contributed by atoms with Gasteiger partial charge in [-0.05, 0) is 43.5 Å². The molecule has 0 amide bonds. The summed E-state index contributed by atoms with van der Waals surface area (Å²) in [6.07, 6.45) is 2.67. The largest absolute Gasteiger partial charge is 0.357 e. The molecule has 4 N–H and O–H groups in total. The second-order valence-electron chi connectivity index (χ2n) is 7.54. The van der Waals surface area contributed by atoms with Crippen LogP contribution in [0.2, 0.25) is 0 Å². The second kappa shape index (κ2) is 7.85. The highest BCUT2D eigenvalue weighted by Crippen LogP contribution is 2.31. The van der Waals surface area contributed by atoms with E-state index in [1.807, 2.05) is 24.4 Å². The van der Waals surface area contributed by atoms with Gasteiger partial charge < -0.3 is 16.0 Å². The van der Waals surface area contributed by atoms with E-state index >= 15 is 0 Å². The molecule has 150 valence electrons. The molecule has 4 aromatic rings. The molecule has 0 unspecified atom stereocenters. The van der Waals surface area contributed by atoms with Crippen molar-refractivity contribution in [2.45, 2.75) is 32.4 Å². The van der Waals surface area contributed by atoms with Gasteiger partial charge in [-0.25, -0.2) is 9.78 Å². The number of rotatable bonds is 6.